The molecule has 1 N–H and O–H groups in total. The molecule has 0 radical (unpaired) electrons. The molecule has 1 spiro atoms. The van der Waals surface area contributed by atoms with Gasteiger partial charge in [-0.1, -0.05) is 24.5 Å². The third-order valence-electron chi connectivity index (χ3n) is 4.92. The maximum Gasteiger partial charge on any atom is 0.116 e. The highest BCUT2D eigenvalue weighted by atomic mass is 16.5. The lowest BCUT2D eigenvalue weighted by molar-refractivity contribution is 0.0736. The maximum atomic E-state index is 6.04. The van der Waals surface area contributed by atoms with Crippen LogP contribution < -0.4 is 0 Å². The molecule has 6 heteroatoms. The summed E-state index contributed by atoms with van der Waals surface area (Å²) in [4.78, 5) is 0. The Morgan fingerprint density at radius 1 is 1.33 bits per heavy atom. The molecule has 1 aliphatic heterocycles. The zero-order valence-electron chi connectivity index (χ0n) is 12.2. The van der Waals surface area contributed by atoms with Crippen LogP contribution in [0.5, 0.6) is 0 Å². The summed E-state index contributed by atoms with van der Waals surface area (Å²) in [6.07, 6.45) is 13.8. The molecule has 2 aromatic rings. The van der Waals surface area contributed by atoms with Crippen LogP contribution in [-0.2, 0) is 11.3 Å². The maximum absolute atomic E-state index is 6.04. The minimum Gasteiger partial charge on any atom is -0.376 e. The number of rotatable bonds is 3. The number of hydrogen-bond acceptors (Lipinski definition) is 4. The van der Waals surface area contributed by atoms with E-state index in [-0.39, 0.29) is 6.10 Å². The summed E-state index contributed by atoms with van der Waals surface area (Å²) >= 11 is 0. The van der Waals surface area contributed by atoms with Gasteiger partial charge in [0.05, 0.1) is 31.6 Å². The second kappa shape index (κ2) is 5.26. The summed E-state index contributed by atoms with van der Waals surface area (Å²) in [6, 6.07) is 0. The summed E-state index contributed by atoms with van der Waals surface area (Å²) in [5, 5.41) is 15.2. The molecule has 0 amide bonds. The Kier molecular flexibility index (Phi) is 3.25. The van der Waals surface area contributed by atoms with Gasteiger partial charge < -0.3 is 4.74 Å². The fourth-order valence-corrected chi connectivity index (χ4v) is 3.78. The van der Waals surface area contributed by atoms with Gasteiger partial charge in [-0.15, -0.1) is 5.10 Å². The van der Waals surface area contributed by atoms with Crippen LogP contribution >= 0.6 is 0 Å². The van der Waals surface area contributed by atoms with Gasteiger partial charge in [-0.25, -0.2) is 4.68 Å². The molecule has 112 valence electrons. The largest absolute Gasteiger partial charge is 0.376 e. The Bertz CT molecular complexity index is 585. The topological polar surface area (TPSA) is 68.6 Å². The molecule has 6 nitrogen and oxygen atoms in total. The van der Waals surface area contributed by atoms with Crippen molar-refractivity contribution in [1.29, 1.82) is 0 Å². The predicted molar refractivity (Wildman–Crippen MR) is 77.5 cm³/mol. The molecule has 0 bridgehead atoms. The van der Waals surface area contributed by atoms with Crippen LogP contribution in [0, 0.1) is 5.41 Å². The molecule has 1 atom stereocenters. The number of hydrogen-bond donors (Lipinski definition) is 1. The molecule has 21 heavy (non-hydrogen) atoms. The monoisotopic (exact) mass is 287 g/mol. The molecular formula is C15H21N5O. The molecule has 1 unspecified atom stereocenters. The number of nitrogens with zero attached hydrogens (tertiary/aromatic N) is 4. The van der Waals surface area contributed by atoms with E-state index in [1.807, 2.05) is 17.1 Å². The van der Waals surface area contributed by atoms with E-state index in [2.05, 4.69) is 20.5 Å². The van der Waals surface area contributed by atoms with Crippen molar-refractivity contribution < 1.29 is 4.74 Å². The Labute approximate surface area is 123 Å². The summed E-state index contributed by atoms with van der Waals surface area (Å²) in [5.74, 6) is 0. The second-order valence-corrected chi connectivity index (χ2v) is 6.51. The van der Waals surface area contributed by atoms with Crippen LogP contribution in [0.2, 0.25) is 0 Å². The molecule has 2 aliphatic rings. The molecule has 0 aromatic carbocycles. The van der Waals surface area contributed by atoms with E-state index < -0.39 is 0 Å². The Balaban J connectivity index is 1.41. The lowest BCUT2D eigenvalue weighted by atomic mass is 9.73. The molecule has 1 saturated carbocycles. The van der Waals surface area contributed by atoms with Crippen molar-refractivity contribution in [3.05, 3.63) is 18.6 Å². The quantitative estimate of drug-likeness (QED) is 0.941. The average Bonchev–Trinajstić information content (AvgIpc) is 3.22. The molecule has 1 saturated heterocycles. The number of ether oxygens (including phenoxy) is 1. The Morgan fingerprint density at radius 2 is 2.24 bits per heavy atom. The van der Waals surface area contributed by atoms with Gasteiger partial charge in [0, 0.05) is 11.8 Å². The van der Waals surface area contributed by atoms with E-state index in [1.54, 1.807) is 6.20 Å². The Morgan fingerprint density at radius 3 is 3.05 bits per heavy atom. The second-order valence-electron chi connectivity index (χ2n) is 6.51. The summed E-state index contributed by atoms with van der Waals surface area (Å²) < 4.78 is 7.94. The molecule has 3 heterocycles. The van der Waals surface area contributed by atoms with E-state index in [4.69, 9.17) is 4.74 Å². The van der Waals surface area contributed by atoms with Gasteiger partial charge >= 0.3 is 0 Å². The summed E-state index contributed by atoms with van der Waals surface area (Å²) in [6.45, 7) is 1.73. The van der Waals surface area contributed by atoms with Gasteiger partial charge in [0.15, 0.2) is 0 Å². The van der Waals surface area contributed by atoms with Gasteiger partial charge in [0.2, 0.25) is 0 Å². The van der Waals surface area contributed by atoms with Gasteiger partial charge in [0.25, 0.3) is 0 Å². The number of H-pyrrole nitrogens is 1. The van der Waals surface area contributed by atoms with Crippen molar-refractivity contribution in [3.63, 3.8) is 0 Å². The molecular weight excluding hydrogens is 266 g/mol. The molecule has 2 aromatic heterocycles. The predicted octanol–water partition coefficient (Wildman–Crippen LogP) is 2.41. The van der Waals surface area contributed by atoms with Gasteiger partial charge in [0.1, 0.15) is 5.69 Å². The van der Waals surface area contributed by atoms with E-state index in [0.717, 1.165) is 24.4 Å². The van der Waals surface area contributed by atoms with Crippen molar-refractivity contribution >= 4 is 0 Å². The van der Waals surface area contributed by atoms with Crippen LogP contribution in [-0.4, -0.2) is 37.9 Å². The first-order valence-electron chi connectivity index (χ1n) is 7.84. The van der Waals surface area contributed by atoms with Crippen molar-refractivity contribution in [2.24, 2.45) is 5.41 Å². The normalized spacial score (nSPS) is 24.7. The van der Waals surface area contributed by atoms with Crippen LogP contribution in [0.1, 0.15) is 38.5 Å². The van der Waals surface area contributed by atoms with Crippen molar-refractivity contribution in [2.75, 3.05) is 6.61 Å². The van der Waals surface area contributed by atoms with Crippen LogP contribution in [0.3, 0.4) is 0 Å². The van der Waals surface area contributed by atoms with Crippen molar-refractivity contribution in [3.8, 4) is 11.3 Å². The first kappa shape index (κ1) is 13.0. The third-order valence-corrected chi connectivity index (χ3v) is 4.92. The first-order chi connectivity index (χ1) is 10.3. The Hall–Kier alpha value is -1.69. The van der Waals surface area contributed by atoms with Gasteiger partial charge in [-0.05, 0) is 24.7 Å². The standard InChI is InChI=1S/C15H21N5O/c1-2-4-15(5-3-1)6-13(21-11-15)9-20-10-14(18-19-20)12-7-16-17-8-12/h7-8,10,13H,1-6,9,11H2,(H,16,17). The summed E-state index contributed by atoms with van der Waals surface area (Å²) in [7, 11) is 0. The highest BCUT2D eigenvalue weighted by molar-refractivity contribution is 5.54. The fourth-order valence-electron chi connectivity index (χ4n) is 3.78. The minimum absolute atomic E-state index is 0.280. The van der Waals surface area contributed by atoms with E-state index in [1.165, 1.54) is 38.5 Å². The van der Waals surface area contributed by atoms with Crippen LogP contribution in [0.25, 0.3) is 11.3 Å². The van der Waals surface area contributed by atoms with Crippen LogP contribution in [0.4, 0.5) is 0 Å². The fraction of sp³-hybridized carbons (Fsp3) is 0.667. The van der Waals surface area contributed by atoms with Crippen molar-refractivity contribution in [1.82, 2.24) is 25.2 Å². The van der Waals surface area contributed by atoms with Gasteiger partial charge in [-0.2, -0.15) is 5.10 Å². The van der Waals surface area contributed by atoms with E-state index in [0.29, 0.717) is 5.41 Å². The number of aromatic amines is 1. The van der Waals surface area contributed by atoms with E-state index in [9.17, 15) is 0 Å². The van der Waals surface area contributed by atoms with Crippen LogP contribution in [0.15, 0.2) is 18.6 Å². The first-order valence-corrected chi connectivity index (χ1v) is 7.84. The lowest BCUT2D eigenvalue weighted by Gasteiger charge is -2.31. The third kappa shape index (κ3) is 2.60. The van der Waals surface area contributed by atoms with Gasteiger partial charge in [-0.3, -0.25) is 5.10 Å². The highest BCUT2D eigenvalue weighted by Gasteiger charge is 2.40. The molecule has 2 fully saturated rings. The number of nitrogens with one attached hydrogen (secondary N) is 1. The highest BCUT2D eigenvalue weighted by Crippen LogP contribution is 2.45. The number of aromatic nitrogens is 5. The van der Waals surface area contributed by atoms with E-state index >= 15 is 0 Å². The lowest BCUT2D eigenvalue weighted by Crippen LogP contribution is -2.25. The summed E-state index contributed by atoms with van der Waals surface area (Å²) in [5.41, 5.74) is 2.28. The SMILES string of the molecule is c1n[nH]cc1-c1cn(CC2CC3(CCCCC3)CO2)nn1. The average molecular weight is 287 g/mol. The van der Waals surface area contributed by atoms with Crippen molar-refractivity contribution in [2.45, 2.75) is 51.2 Å². The minimum atomic E-state index is 0.280. The zero-order valence-corrected chi connectivity index (χ0v) is 12.2. The zero-order chi connectivity index (χ0) is 14.1. The molecule has 4 rings (SSSR count). The molecule has 1 aliphatic carbocycles. The smallest absolute Gasteiger partial charge is 0.116 e.